The number of phenols is 1. The van der Waals surface area contributed by atoms with Crippen LogP contribution in [0.25, 0.3) is 0 Å². The third-order valence-corrected chi connectivity index (χ3v) is 10.4. The molecule has 4 fully saturated rings. The van der Waals surface area contributed by atoms with Crippen molar-refractivity contribution in [2.24, 2.45) is 5.92 Å². The number of methoxy groups -OCH3 is 2. The average Bonchev–Trinajstić information content (AvgIpc) is 3.08. The lowest BCUT2D eigenvalue weighted by Gasteiger charge is -2.30. The third kappa shape index (κ3) is 15.3. The van der Waals surface area contributed by atoms with Crippen molar-refractivity contribution in [2.45, 2.75) is 172 Å². The van der Waals surface area contributed by atoms with Crippen molar-refractivity contribution in [3.63, 3.8) is 0 Å². The van der Waals surface area contributed by atoms with Crippen LogP contribution < -0.4 is 10.6 Å². The standard InChI is InChI=1S/C14H18O7.2C12H23N/c1-20-14(21-2)11-7-10(15)4-3-8(11)5-9(13(18)19)6-12(16)17;2*1-3-7-11(8-4-1)13-12-9-5-2-6-10-12/h3-4,7,9,14-15H,5-6H2,1-2H3,(H,16,17)(H,18,19);2*11-13H,1-10H2. The van der Waals surface area contributed by atoms with Gasteiger partial charge >= 0.3 is 11.9 Å². The van der Waals surface area contributed by atoms with Gasteiger partial charge in [-0.3, -0.25) is 9.59 Å². The van der Waals surface area contributed by atoms with Crippen LogP contribution in [0.1, 0.15) is 152 Å². The molecule has 9 heteroatoms. The Kier molecular flexibility index (Phi) is 18.7. The monoisotopic (exact) mass is 660 g/mol. The molecule has 1 unspecified atom stereocenters. The SMILES string of the molecule is C1CCC(NC2CCCCC2)CC1.C1CCC(NC2CCCCC2)CC1.COC(OC)c1cc(O)ccc1CC(CC(=O)O)C(=O)O. The summed E-state index contributed by atoms with van der Waals surface area (Å²) >= 11 is 0. The number of hydrogen-bond acceptors (Lipinski definition) is 7. The van der Waals surface area contributed by atoms with Gasteiger partial charge in [0.25, 0.3) is 0 Å². The minimum Gasteiger partial charge on any atom is -0.508 e. The minimum atomic E-state index is -1.19. The zero-order valence-electron chi connectivity index (χ0n) is 29.2. The number of carboxylic acid groups (broad SMARTS) is 2. The molecule has 0 heterocycles. The van der Waals surface area contributed by atoms with Gasteiger partial charge in [-0.1, -0.05) is 83.1 Å². The molecule has 0 saturated heterocycles. The average molecular weight is 661 g/mol. The van der Waals surface area contributed by atoms with Crippen molar-refractivity contribution in [3.05, 3.63) is 29.3 Å². The number of ether oxygens (including phenoxy) is 2. The van der Waals surface area contributed by atoms with Crippen LogP contribution in [0.4, 0.5) is 0 Å². The van der Waals surface area contributed by atoms with E-state index in [-0.39, 0.29) is 12.2 Å². The number of benzene rings is 1. The summed E-state index contributed by atoms with van der Waals surface area (Å²) in [6.07, 6.45) is 27.9. The van der Waals surface area contributed by atoms with Gasteiger partial charge in [0.15, 0.2) is 6.29 Å². The molecule has 5 rings (SSSR count). The van der Waals surface area contributed by atoms with Crippen molar-refractivity contribution < 1.29 is 34.4 Å². The molecule has 0 radical (unpaired) electrons. The molecule has 9 nitrogen and oxygen atoms in total. The fourth-order valence-electron chi connectivity index (χ4n) is 7.80. The van der Waals surface area contributed by atoms with Gasteiger partial charge < -0.3 is 35.4 Å². The van der Waals surface area contributed by atoms with E-state index in [0.29, 0.717) is 11.1 Å². The maximum atomic E-state index is 11.2. The number of aromatic hydroxyl groups is 1. The fraction of sp³-hybridized carbons (Fsp3) is 0.789. The van der Waals surface area contributed by atoms with E-state index >= 15 is 0 Å². The summed E-state index contributed by atoms with van der Waals surface area (Å²) in [6, 6.07) is 7.84. The highest BCUT2D eigenvalue weighted by atomic mass is 16.7. The van der Waals surface area contributed by atoms with E-state index in [9.17, 15) is 14.7 Å². The van der Waals surface area contributed by atoms with Crippen LogP contribution in [0, 0.1) is 5.92 Å². The Morgan fingerprint density at radius 3 is 1.38 bits per heavy atom. The molecule has 1 aromatic rings. The fourth-order valence-corrected chi connectivity index (χ4v) is 7.80. The number of phenolic OH excluding ortho intramolecular Hbond substituents is 1. The zero-order valence-corrected chi connectivity index (χ0v) is 29.2. The molecule has 47 heavy (non-hydrogen) atoms. The van der Waals surface area contributed by atoms with Crippen LogP contribution in [-0.2, 0) is 25.5 Å². The Morgan fingerprint density at radius 1 is 0.681 bits per heavy atom. The molecular weight excluding hydrogens is 596 g/mol. The third-order valence-electron chi connectivity index (χ3n) is 10.4. The Hall–Kier alpha value is -2.20. The lowest BCUT2D eigenvalue weighted by molar-refractivity contribution is -0.148. The summed E-state index contributed by atoms with van der Waals surface area (Å²) in [5.41, 5.74) is 1.02. The first-order chi connectivity index (χ1) is 22.8. The summed E-state index contributed by atoms with van der Waals surface area (Å²) in [4.78, 5) is 21.9. The number of rotatable bonds is 12. The highest BCUT2D eigenvalue weighted by Gasteiger charge is 2.25. The Morgan fingerprint density at radius 2 is 1.06 bits per heavy atom. The molecule has 0 spiro atoms. The largest absolute Gasteiger partial charge is 0.508 e. The summed E-state index contributed by atoms with van der Waals surface area (Å²) in [5.74, 6) is -3.46. The molecule has 1 atom stereocenters. The molecule has 4 aliphatic carbocycles. The Balaban J connectivity index is 0.000000200. The maximum absolute atomic E-state index is 11.2. The summed E-state index contributed by atoms with van der Waals surface area (Å²) < 4.78 is 10.2. The predicted octanol–water partition coefficient (Wildman–Crippen LogP) is 7.88. The minimum absolute atomic E-state index is 0.000463. The Bertz CT molecular complexity index is 943. The molecule has 1 aromatic carbocycles. The lowest BCUT2D eigenvalue weighted by Crippen LogP contribution is -2.40. The van der Waals surface area contributed by atoms with Crippen molar-refractivity contribution in [1.82, 2.24) is 10.6 Å². The number of carboxylic acids is 2. The molecule has 0 bridgehead atoms. The molecule has 4 aliphatic rings. The molecule has 268 valence electrons. The summed E-state index contributed by atoms with van der Waals surface area (Å²) in [7, 11) is 2.82. The second-order valence-electron chi connectivity index (χ2n) is 14.2. The molecular formula is C38H64N2O7. The van der Waals surface area contributed by atoms with E-state index in [1.54, 1.807) is 0 Å². The van der Waals surface area contributed by atoms with Gasteiger partial charge in [0.1, 0.15) is 5.75 Å². The van der Waals surface area contributed by atoms with Gasteiger partial charge in [-0.2, -0.15) is 0 Å². The van der Waals surface area contributed by atoms with Gasteiger partial charge in [-0.05, 0) is 75.5 Å². The van der Waals surface area contributed by atoms with E-state index in [4.69, 9.17) is 19.7 Å². The van der Waals surface area contributed by atoms with Crippen LogP contribution in [-0.4, -0.2) is 65.6 Å². The Labute approximate surface area is 283 Å². The highest BCUT2D eigenvalue weighted by Crippen LogP contribution is 2.29. The first kappa shape index (κ1) is 39.2. The predicted molar refractivity (Wildman–Crippen MR) is 186 cm³/mol. The molecule has 5 N–H and O–H groups in total. The van der Waals surface area contributed by atoms with Crippen LogP contribution in [0.2, 0.25) is 0 Å². The van der Waals surface area contributed by atoms with Crippen LogP contribution >= 0.6 is 0 Å². The number of aliphatic carboxylic acids is 2. The van der Waals surface area contributed by atoms with Crippen molar-refractivity contribution >= 4 is 11.9 Å². The number of hydrogen-bond donors (Lipinski definition) is 5. The van der Waals surface area contributed by atoms with Gasteiger partial charge in [0, 0.05) is 44.0 Å². The second kappa shape index (κ2) is 22.4. The van der Waals surface area contributed by atoms with E-state index in [2.05, 4.69) is 10.6 Å². The number of carbonyl (C=O) groups is 2. The van der Waals surface area contributed by atoms with Crippen LogP contribution in [0.15, 0.2) is 18.2 Å². The lowest BCUT2D eigenvalue weighted by atomic mass is 9.91. The summed E-state index contributed by atoms with van der Waals surface area (Å²) in [5, 5.41) is 35.1. The zero-order chi connectivity index (χ0) is 33.9. The van der Waals surface area contributed by atoms with Gasteiger partial charge in [0.2, 0.25) is 0 Å². The molecule has 0 amide bonds. The van der Waals surface area contributed by atoms with E-state index < -0.39 is 30.6 Å². The van der Waals surface area contributed by atoms with Crippen molar-refractivity contribution in [3.8, 4) is 5.75 Å². The normalized spacial score (nSPS) is 20.8. The second-order valence-corrected chi connectivity index (χ2v) is 14.2. The molecule has 0 aliphatic heterocycles. The van der Waals surface area contributed by atoms with Gasteiger partial charge in [-0.25, -0.2) is 0 Å². The quantitative estimate of drug-likeness (QED) is 0.142. The first-order valence-electron chi connectivity index (χ1n) is 18.6. The van der Waals surface area contributed by atoms with Crippen LogP contribution in [0.5, 0.6) is 5.75 Å². The first-order valence-corrected chi connectivity index (χ1v) is 18.6. The molecule has 4 saturated carbocycles. The van der Waals surface area contributed by atoms with E-state index in [1.165, 1.54) is 161 Å². The van der Waals surface area contributed by atoms with Gasteiger partial charge in [-0.15, -0.1) is 0 Å². The van der Waals surface area contributed by atoms with Crippen LogP contribution in [0.3, 0.4) is 0 Å². The smallest absolute Gasteiger partial charge is 0.307 e. The summed E-state index contributed by atoms with van der Waals surface area (Å²) in [6.45, 7) is 0. The van der Waals surface area contributed by atoms with Crippen molar-refractivity contribution in [1.29, 1.82) is 0 Å². The van der Waals surface area contributed by atoms with Crippen molar-refractivity contribution in [2.75, 3.05) is 14.2 Å². The highest BCUT2D eigenvalue weighted by molar-refractivity contribution is 5.78. The number of nitrogens with one attached hydrogen (secondary N) is 2. The van der Waals surface area contributed by atoms with E-state index in [0.717, 1.165) is 24.2 Å². The van der Waals surface area contributed by atoms with Gasteiger partial charge in [0.05, 0.1) is 12.3 Å². The maximum Gasteiger partial charge on any atom is 0.307 e. The van der Waals surface area contributed by atoms with E-state index in [1.807, 2.05) is 0 Å². The topological polar surface area (TPSA) is 137 Å². The molecule has 0 aromatic heterocycles.